The number of aryl methyl sites for hydroxylation is 1. The second-order valence-corrected chi connectivity index (χ2v) is 6.27. The molecule has 26 heavy (non-hydrogen) atoms. The first-order valence-electron chi connectivity index (χ1n) is 7.80. The number of hydrogen-bond acceptors (Lipinski definition) is 8. The molecule has 3 rings (SSSR count). The first-order chi connectivity index (χ1) is 12.5. The zero-order valence-corrected chi connectivity index (χ0v) is 14.8. The summed E-state index contributed by atoms with van der Waals surface area (Å²) in [5.74, 6) is -0.262. The molecule has 0 aliphatic heterocycles. The topological polar surface area (TPSA) is 137 Å². The van der Waals surface area contributed by atoms with Crippen LogP contribution in [-0.4, -0.2) is 26.0 Å². The van der Waals surface area contributed by atoms with E-state index >= 15 is 0 Å². The number of nitrogen functional groups attached to an aromatic ring is 2. The highest BCUT2D eigenvalue weighted by atomic mass is 32.1. The first kappa shape index (κ1) is 17.6. The van der Waals surface area contributed by atoms with Gasteiger partial charge in [0.25, 0.3) is 0 Å². The Bertz CT molecular complexity index is 957. The van der Waals surface area contributed by atoms with Crippen LogP contribution in [0.1, 0.15) is 28.7 Å². The largest absolute Gasteiger partial charge is 0.481 e. The molecule has 0 spiro atoms. The lowest BCUT2D eigenvalue weighted by atomic mass is 10.1. The third-order valence-electron chi connectivity index (χ3n) is 3.59. The van der Waals surface area contributed by atoms with E-state index in [-0.39, 0.29) is 23.9 Å². The summed E-state index contributed by atoms with van der Waals surface area (Å²) in [4.78, 5) is 23.6. The van der Waals surface area contributed by atoms with E-state index in [1.54, 1.807) is 18.2 Å². The minimum atomic E-state index is -0.974. The summed E-state index contributed by atoms with van der Waals surface area (Å²) in [6.07, 6.45) is 0.608. The van der Waals surface area contributed by atoms with Crippen molar-refractivity contribution in [2.45, 2.75) is 20.0 Å². The summed E-state index contributed by atoms with van der Waals surface area (Å²) in [7, 11) is 0. The van der Waals surface area contributed by atoms with Crippen molar-refractivity contribution in [2.24, 2.45) is 0 Å². The molecular formula is C17H17N5O3S. The minimum absolute atomic E-state index is 0.112. The first-order valence-corrected chi connectivity index (χ1v) is 8.68. The molecule has 0 saturated carbocycles. The number of rotatable bonds is 6. The average molecular weight is 371 g/mol. The van der Waals surface area contributed by atoms with Crippen molar-refractivity contribution >= 4 is 29.1 Å². The van der Waals surface area contributed by atoms with E-state index in [0.717, 1.165) is 5.56 Å². The van der Waals surface area contributed by atoms with Gasteiger partial charge in [0.2, 0.25) is 5.95 Å². The second kappa shape index (κ2) is 7.36. The molecule has 0 bridgehead atoms. The second-order valence-electron chi connectivity index (χ2n) is 5.42. The number of carboxylic acid groups (broad SMARTS) is 1. The number of aromatic nitrogens is 3. The Morgan fingerprint density at radius 1 is 1.27 bits per heavy atom. The lowest BCUT2D eigenvalue weighted by Gasteiger charge is -2.11. The van der Waals surface area contributed by atoms with E-state index in [1.807, 2.05) is 18.4 Å². The predicted molar refractivity (Wildman–Crippen MR) is 99.1 cm³/mol. The van der Waals surface area contributed by atoms with Crippen molar-refractivity contribution in [3.8, 4) is 16.3 Å². The van der Waals surface area contributed by atoms with Gasteiger partial charge >= 0.3 is 5.97 Å². The molecule has 0 radical (unpaired) electrons. The van der Waals surface area contributed by atoms with Crippen molar-refractivity contribution in [3.63, 3.8) is 0 Å². The minimum Gasteiger partial charge on any atom is -0.481 e. The Hall–Kier alpha value is -3.20. The van der Waals surface area contributed by atoms with Gasteiger partial charge in [-0.25, -0.2) is 14.8 Å². The highest BCUT2D eigenvalue weighted by Crippen LogP contribution is 2.28. The zero-order chi connectivity index (χ0) is 18.7. The lowest BCUT2D eigenvalue weighted by molar-refractivity contribution is 0.0697. The summed E-state index contributed by atoms with van der Waals surface area (Å²) >= 11 is 1.41. The number of hydrogen-bond donors (Lipinski definition) is 3. The van der Waals surface area contributed by atoms with E-state index in [0.29, 0.717) is 28.6 Å². The predicted octanol–water partition coefficient (Wildman–Crippen LogP) is 2.60. The van der Waals surface area contributed by atoms with Crippen molar-refractivity contribution in [1.82, 2.24) is 15.0 Å². The number of nitrogens with two attached hydrogens (primary N) is 2. The van der Waals surface area contributed by atoms with E-state index in [9.17, 15) is 4.79 Å². The van der Waals surface area contributed by atoms with Gasteiger partial charge in [0.05, 0.1) is 17.0 Å². The Kier molecular flexibility index (Phi) is 4.99. The molecule has 0 atom stereocenters. The number of benzene rings is 1. The van der Waals surface area contributed by atoms with Gasteiger partial charge in [0, 0.05) is 10.9 Å². The molecule has 0 aliphatic carbocycles. The summed E-state index contributed by atoms with van der Waals surface area (Å²) in [5, 5.41) is 11.7. The van der Waals surface area contributed by atoms with Gasteiger partial charge in [-0.2, -0.15) is 4.98 Å². The number of anilines is 2. The number of thiazole rings is 1. The van der Waals surface area contributed by atoms with Crippen molar-refractivity contribution in [3.05, 3.63) is 46.6 Å². The van der Waals surface area contributed by atoms with Gasteiger partial charge in [-0.05, 0) is 18.6 Å². The molecule has 9 heteroatoms. The summed E-state index contributed by atoms with van der Waals surface area (Å²) in [5.41, 5.74) is 13.8. The van der Waals surface area contributed by atoms with E-state index in [4.69, 9.17) is 21.3 Å². The number of carbonyl (C=O) groups is 1. The van der Waals surface area contributed by atoms with Crippen LogP contribution in [0.4, 0.5) is 11.8 Å². The van der Waals surface area contributed by atoms with Gasteiger partial charge in [-0.3, -0.25) is 0 Å². The van der Waals surface area contributed by atoms with Crippen LogP contribution in [0.25, 0.3) is 10.6 Å². The highest BCUT2D eigenvalue weighted by molar-refractivity contribution is 7.13. The third-order valence-corrected chi connectivity index (χ3v) is 4.53. The van der Waals surface area contributed by atoms with Crippen LogP contribution in [0, 0.1) is 0 Å². The smallest absolute Gasteiger partial charge is 0.335 e. The molecule has 8 nitrogen and oxygen atoms in total. The highest BCUT2D eigenvalue weighted by Gasteiger charge is 2.13. The fourth-order valence-corrected chi connectivity index (χ4v) is 3.17. The van der Waals surface area contributed by atoms with Crippen LogP contribution in [-0.2, 0) is 13.0 Å². The van der Waals surface area contributed by atoms with Crippen LogP contribution in [0.5, 0.6) is 5.75 Å². The molecule has 3 aromatic rings. The van der Waals surface area contributed by atoms with Crippen molar-refractivity contribution in [2.75, 3.05) is 11.5 Å². The van der Waals surface area contributed by atoms with Crippen LogP contribution in [0.15, 0.2) is 29.6 Å². The maximum atomic E-state index is 11.1. The monoisotopic (exact) mass is 371 g/mol. The standard InChI is InChI=1S/C17H17N5O3S/c1-2-12-13(14(18)22-17(19)21-12)25-7-11-8-26-15(20-11)9-4-3-5-10(6-9)16(23)24/h3-6,8H,2,7H2,1H3,(H,23,24)(H4,18,19,21,22). The number of nitrogens with zero attached hydrogens (tertiary/aromatic N) is 3. The quantitative estimate of drug-likeness (QED) is 0.601. The summed E-state index contributed by atoms with van der Waals surface area (Å²) < 4.78 is 5.76. The Morgan fingerprint density at radius 2 is 2.08 bits per heavy atom. The van der Waals surface area contributed by atoms with Crippen molar-refractivity contribution < 1.29 is 14.6 Å². The molecule has 0 saturated heterocycles. The molecule has 2 aromatic heterocycles. The fraction of sp³-hybridized carbons (Fsp3) is 0.176. The van der Waals surface area contributed by atoms with Crippen LogP contribution >= 0.6 is 11.3 Å². The lowest BCUT2D eigenvalue weighted by Crippen LogP contribution is -2.08. The van der Waals surface area contributed by atoms with Crippen molar-refractivity contribution in [1.29, 1.82) is 0 Å². The van der Waals surface area contributed by atoms with Crippen LogP contribution in [0.3, 0.4) is 0 Å². The number of ether oxygens (including phenoxy) is 1. The van der Waals surface area contributed by atoms with E-state index in [2.05, 4.69) is 15.0 Å². The molecule has 5 N–H and O–H groups in total. The van der Waals surface area contributed by atoms with Gasteiger partial charge in [-0.15, -0.1) is 11.3 Å². The van der Waals surface area contributed by atoms with Crippen LogP contribution in [0.2, 0.25) is 0 Å². The average Bonchev–Trinajstić information content (AvgIpc) is 3.09. The third kappa shape index (κ3) is 3.72. The Labute approximate surface area is 153 Å². The SMILES string of the molecule is CCc1nc(N)nc(N)c1OCc1csc(-c2cccc(C(=O)O)c2)n1. The Balaban J connectivity index is 1.78. The molecule has 2 heterocycles. The fourth-order valence-electron chi connectivity index (χ4n) is 2.37. The van der Waals surface area contributed by atoms with Gasteiger partial charge < -0.3 is 21.3 Å². The normalized spacial score (nSPS) is 10.7. The summed E-state index contributed by atoms with van der Waals surface area (Å²) in [6.45, 7) is 2.12. The summed E-state index contributed by atoms with van der Waals surface area (Å²) in [6, 6.07) is 6.64. The molecule has 0 aliphatic rings. The van der Waals surface area contributed by atoms with Gasteiger partial charge in [0.1, 0.15) is 11.6 Å². The molecule has 134 valence electrons. The maximum absolute atomic E-state index is 11.1. The molecular weight excluding hydrogens is 354 g/mol. The van der Waals surface area contributed by atoms with E-state index < -0.39 is 5.97 Å². The molecule has 0 fully saturated rings. The maximum Gasteiger partial charge on any atom is 0.335 e. The number of carboxylic acids is 1. The molecule has 0 unspecified atom stereocenters. The molecule has 1 aromatic carbocycles. The van der Waals surface area contributed by atoms with E-state index in [1.165, 1.54) is 11.3 Å². The van der Waals surface area contributed by atoms with Crippen LogP contribution < -0.4 is 16.2 Å². The zero-order valence-electron chi connectivity index (χ0n) is 14.0. The Morgan fingerprint density at radius 3 is 2.81 bits per heavy atom. The van der Waals surface area contributed by atoms with Gasteiger partial charge in [0.15, 0.2) is 11.6 Å². The molecule has 0 amide bonds. The van der Waals surface area contributed by atoms with Gasteiger partial charge in [-0.1, -0.05) is 19.1 Å². The number of aromatic carboxylic acids is 1.